The minimum Gasteiger partial charge on any atom is -0.359 e. The summed E-state index contributed by atoms with van der Waals surface area (Å²) in [7, 11) is 0. The Hall–Kier alpha value is -2.66. The zero-order valence-electron chi connectivity index (χ0n) is 13.8. The van der Waals surface area contributed by atoms with Crippen LogP contribution in [-0.2, 0) is 6.54 Å². The van der Waals surface area contributed by atoms with E-state index in [2.05, 4.69) is 21.2 Å². The van der Waals surface area contributed by atoms with E-state index in [0.29, 0.717) is 22.3 Å². The van der Waals surface area contributed by atoms with Gasteiger partial charge >= 0.3 is 0 Å². The highest BCUT2D eigenvalue weighted by atomic mass is 79.9. The SMILES string of the molecule is O=C1c2ccccc2[C@H](Nc2ccc(Br)cc2F)N1Cc1ccccc1. The van der Waals surface area contributed by atoms with Crippen molar-refractivity contribution < 1.29 is 9.18 Å². The van der Waals surface area contributed by atoms with Crippen LogP contribution in [0.3, 0.4) is 0 Å². The van der Waals surface area contributed by atoms with Crippen molar-refractivity contribution in [1.29, 1.82) is 0 Å². The van der Waals surface area contributed by atoms with Gasteiger partial charge in [-0.1, -0.05) is 64.5 Å². The van der Waals surface area contributed by atoms with Crippen LogP contribution in [0.1, 0.15) is 27.7 Å². The summed E-state index contributed by atoms with van der Waals surface area (Å²) in [6.07, 6.45) is -0.422. The van der Waals surface area contributed by atoms with Crippen LogP contribution in [0.4, 0.5) is 10.1 Å². The van der Waals surface area contributed by atoms with Crippen molar-refractivity contribution in [3.05, 3.63) is 99.8 Å². The van der Waals surface area contributed by atoms with Crippen molar-refractivity contribution in [3.8, 4) is 0 Å². The van der Waals surface area contributed by atoms with Crippen LogP contribution in [0.15, 0.2) is 77.3 Å². The number of fused-ring (bicyclic) bond motifs is 1. The molecule has 1 amide bonds. The topological polar surface area (TPSA) is 32.3 Å². The van der Waals surface area contributed by atoms with E-state index in [1.165, 1.54) is 6.07 Å². The monoisotopic (exact) mass is 410 g/mol. The van der Waals surface area contributed by atoms with Gasteiger partial charge in [-0.05, 0) is 29.8 Å². The zero-order chi connectivity index (χ0) is 18.1. The zero-order valence-corrected chi connectivity index (χ0v) is 15.4. The number of nitrogens with one attached hydrogen (secondary N) is 1. The van der Waals surface area contributed by atoms with E-state index in [0.717, 1.165) is 11.1 Å². The minimum atomic E-state index is -0.422. The number of nitrogens with zero attached hydrogens (tertiary/aromatic N) is 1. The number of anilines is 1. The molecule has 1 aliphatic heterocycles. The lowest BCUT2D eigenvalue weighted by Crippen LogP contribution is -2.32. The van der Waals surface area contributed by atoms with Gasteiger partial charge in [-0.25, -0.2) is 4.39 Å². The molecular weight excluding hydrogens is 395 g/mol. The highest BCUT2D eigenvalue weighted by molar-refractivity contribution is 9.10. The molecule has 4 rings (SSSR count). The standard InChI is InChI=1S/C21H16BrFN2O/c22-15-10-11-19(18(23)12-15)24-20-16-8-4-5-9-17(16)21(26)25(20)13-14-6-2-1-3-7-14/h1-12,20,24H,13H2/t20-/m1/s1. The summed E-state index contributed by atoms with van der Waals surface area (Å²) in [6.45, 7) is 0.449. The number of hydrogen-bond acceptors (Lipinski definition) is 2. The molecule has 0 saturated heterocycles. The van der Waals surface area contributed by atoms with Gasteiger partial charge in [0.1, 0.15) is 12.0 Å². The smallest absolute Gasteiger partial charge is 0.256 e. The summed E-state index contributed by atoms with van der Waals surface area (Å²) in [4.78, 5) is 14.7. The molecule has 3 aromatic rings. The van der Waals surface area contributed by atoms with Crippen LogP contribution < -0.4 is 5.32 Å². The third kappa shape index (κ3) is 3.10. The van der Waals surface area contributed by atoms with Gasteiger partial charge in [0.2, 0.25) is 0 Å². The van der Waals surface area contributed by atoms with Gasteiger partial charge in [-0.3, -0.25) is 4.79 Å². The molecule has 1 atom stereocenters. The molecule has 0 bridgehead atoms. The summed E-state index contributed by atoms with van der Waals surface area (Å²) in [5, 5.41) is 3.20. The van der Waals surface area contributed by atoms with Gasteiger partial charge in [0, 0.05) is 22.1 Å². The molecule has 1 N–H and O–H groups in total. The van der Waals surface area contributed by atoms with Crippen LogP contribution in [0.2, 0.25) is 0 Å². The molecule has 5 heteroatoms. The number of hydrogen-bond donors (Lipinski definition) is 1. The second-order valence-electron chi connectivity index (χ2n) is 6.18. The van der Waals surface area contributed by atoms with E-state index in [9.17, 15) is 9.18 Å². The Bertz CT molecular complexity index is 961. The third-order valence-electron chi connectivity index (χ3n) is 4.48. The summed E-state index contributed by atoms with van der Waals surface area (Å²) >= 11 is 3.27. The molecule has 1 heterocycles. The Kier molecular flexibility index (Phi) is 4.47. The Morgan fingerprint density at radius 2 is 1.73 bits per heavy atom. The van der Waals surface area contributed by atoms with Crippen molar-refractivity contribution in [1.82, 2.24) is 4.90 Å². The number of halogens is 2. The molecule has 26 heavy (non-hydrogen) atoms. The average molecular weight is 411 g/mol. The van der Waals surface area contributed by atoms with Crippen molar-refractivity contribution >= 4 is 27.5 Å². The van der Waals surface area contributed by atoms with Gasteiger partial charge < -0.3 is 10.2 Å². The Labute approximate surface area is 159 Å². The summed E-state index contributed by atoms with van der Waals surface area (Å²) in [5.41, 5.74) is 2.90. The number of rotatable bonds is 4. The predicted molar refractivity (Wildman–Crippen MR) is 103 cm³/mol. The van der Waals surface area contributed by atoms with E-state index in [1.807, 2.05) is 54.6 Å². The molecule has 0 radical (unpaired) electrons. The third-order valence-corrected chi connectivity index (χ3v) is 4.97. The minimum absolute atomic E-state index is 0.0560. The number of carbonyl (C=O) groups is 1. The molecular formula is C21H16BrFN2O. The fraction of sp³-hybridized carbons (Fsp3) is 0.0952. The van der Waals surface area contributed by atoms with E-state index < -0.39 is 6.17 Å². The van der Waals surface area contributed by atoms with E-state index in [-0.39, 0.29) is 11.7 Å². The van der Waals surface area contributed by atoms with Crippen molar-refractivity contribution in [2.75, 3.05) is 5.32 Å². The summed E-state index contributed by atoms with van der Waals surface area (Å²) in [5.74, 6) is -0.421. The first-order chi connectivity index (χ1) is 12.6. The number of benzene rings is 3. The lowest BCUT2D eigenvalue weighted by Gasteiger charge is -2.27. The normalized spacial score (nSPS) is 15.8. The van der Waals surface area contributed by atoms with Crippen LogP contribution in [0.5, 0.6) is 0 Å². The van der Waals surface area contributed by atoms with Gasteiger partial charge in [-0.15, -0.1) is 0 Å². The lowest BCUT2D eigenvalue weighted by atomic mass is 10.1. The molecule has 130 valence electrons. The van der Waals surface area contributed by atoms with Crippen molar-refractivity contribution in [2.45, 2.75) is 12.7 Å². The first-order valence-electron chi connectivity index (χ1n) is 8.29. The van der Waals surface area contributed by atoms with Gasteiger partial charge in [0.15, 0.2) is 0 Å². The quantitative estimate of drug-likeness (QED) is 0.628. The molecule has 0 aliphatic carbocycles. The summed E-state index contributed by atoms with van der Waals surface area (Å²) in [6, 6.07) is 22.1. The van der Waals surface area contributed by atoms with Gasteiger partial charge in [0.05, 0.1) is 5.69 Å². The number of carbonyl (C=O) groups excluding carboxylic acids is 1. The number of amides is 1. The lowest BCUT2D eigenvalue weighted by molar-refractivity contribution is 0.0728. The maximum Gasteiger partial charge on any atom is 0.256 e. The highest BCUT2D eigenvalue weighted by Gasteiger charge is 2.36. The molecule has 3 nitrogen and oxygen atoms in total. The van der Waals surface area contributed by atoms with Crippen LogP contribution in [-0.4, -0.2) is 10.8 Å². The van der Waals surface area contributed by atoms with Crippen LogP contribution in [0.25, 0.3) is 0 Å². The van der Waals surface area contributed by atoms with E-state index in [1.54, 1.807) is 17.0 Å². The predicted octanol–water partition coefficient (Wildman–Crippen LogP) is 5.35. The molecule has 0 unspecified atom stereocenters. The van der Waals surface area contributed by atoms with E-state index in [4.69, 9.17) is 0 Å². The van der Waals surface area contributed by atoms with Crippen molar-refractivity contribution in [2.24, 2.45) is 0 Å². The van der Waals surface area contributed by atoms with Crippen LogP contribution in [0, 0.1) is 5.82 Å². The molecule has 0 spiro atoms. The fourth-order valence-electron chi connectivity index (χ4n) is 3.22. The molecule has 1 aliphatic rings. The largest absolute Gasteiger partial charge is 0.359 e. The highest BCUT2D eigenvalue weighted by Crippen LogP contribution is 2.36. The fourth-order valence-corrected chi connectivity index (χ4v) is 3.56. The van der Waals surface area contributed by atoms with Crippen molar-refractivity contribution in [3.63, 3.8) is 0 Å². The Morgan fingerprint density at radius 3 is 2.50 bits per heavy atom. The average Bonchev–Trinajstić information content (AvgIpc) is 2.91. The van der Waals surface area contributed by atoms with E-state index >= 15 is 0 Å². The second-order valence-corrected chi connectivity index (χ2v) is 7.09. The molecule has 0 fully saturated rings. The molecule has 0 saturated carbocycles. The maximum atomic E-state index is 14.3. The second kappa shape index (κ2) is 6.92. The maximum absolute atomic E-state index is 14.3. The van der Waals surface area contributed by atoms with Crippen LogP contribution >= 0.6 is 15.9 Å². The Morgan fingerprint density at radius 1 is 1.00 bits per heavy atom. The van der Waals surface area contributed by atoms with Gasteiger partial charge in [0.25, 0.3) is 5.91 Å². The summed E-state index contributed by atoms with van der Waals surface area (Å²) < 4.78 is 15.0. The molecule has 3 aromatic carbocycles. The van der Waals surface area contributed by atoms with Gasteiger partial charge in [-0.2, -0.15) is 0 Å². The first-order valence-corrected chi connectivity index (χ1v) is 9.08. The Balaban J connectivity index is 1.71. The first kappa shape index (κ1) is 16.8. The molecule has 0 aromatic heterocycles.